The van der Waals surface area contributed by atoms with Gasteiger partial charge in [-0.1, -0.05) is 19.3 Å². The number of rotatable bonds is 5. The van der Waals surface area contributed by atoms with E-state index in [2.05, 4.69) is 15.7 Å². The van der Waals surface area contributed by atoms with E-state index in [0.717, 1.165) is 30.6 Å². The molecule has 0 aromatic carbocycles. The van der Waals surface area contributed by atoms with Crippen molar-refractivity contribution in [1.82, 2.24) is 20.0 Å². The number of urea groups is 1. The zero-order valence-electron chi connectivity index (χ0n) is 15.0. The second-order valence-electron chi connectivity index (χ2n) is 7.80. The topological polar surface area (TPSA) is 96.3 Å². The standard InChI is InChI=1S/C18H25N5O3/c1-18(12-7-8-12)16(25)22(17(26)21-18)11-15(24)20-14-9-10-19-23(14)13-5-3-2-4-6-13/h9-10,12-13H,2-8,11H2,1H3,(H,20,24)(H,21,26). The summed E-state index contributed by atoms with van der Waals surface area (Å²) in [6.07, 6.45) is 9.22. The maximum absolute atomic E-state index is 12.6. The number of carbonyl (C=O) groups excluding carboxylic acids is 3. The molecule has 8 nitrogen and oxygen atoms in total. The summed E-state index contributed by atoms with van der Waals surface area (Å²) in [4.78, 5) is 38.3. The average Bonchev–Trinajstić information content (AvgIpc) is 3.36. The Morgan fingerprint density at radius 1 is 1.27 bits per heavy atom. The molecular formula is C18H25N5O3. The van der Waals surface area contributed by atoms with Crippen molar-refractivity contribution in [1.29, 1.82) is 0 Å². The molecule has 2 N–H and O–H groups in total. The number of anilines is 1. The first kappa shape index (κ1) is 17.1. The van der Waals surface area contributed by atoms with Crippen LogP contribution in [0.15, 0.2) is 12.3 Å². The lowest BCUT2D eigenvalue weighted by molar-refractivity contribution is -0.134. The van der Waals surface area contributed by atoms with Gasteiger partial charge in [0.15, 0.2) is 0 Å². The summed E-state index contributed by atoms with van der Waals surface area (Å²) in [5.41, 5.74) is -0.860. The molecule has 26 heavy (non-hydrogen) atoms. The summed E-state index contributed by atoms with van der Waals surface area (Å²) in [7, 11) is 0. The van der Waals surface area contributed by atoms with E-state index >= 15 is 0 Å². The van der Waals surface area contributed by atoms with Gasteiger partial charge in [0.25, 0.3) is 5.91 Å². The van der Waals surface area contributed by atoms with Crippen LogP contribution < -0.4 is 10.6 Å². The molecule has 0 bridgehead atoms. The lowest BCUT2D eigenvalue weighted by Gasteiger charge is -2.24. The number of aromatic nitrogens is 2. The molecule has 1 aromatic rings. The van der Waals surface area contributed by atoms with Crippen molar-refractivity contribution in [3.8, 4) is 0 Å². The van der Waals surface area contributed by atoms with Gasteiger partial charge in [-0.05, 0) is 38.5 Å². The van der Waals surface area contributed by atoms with E-state index in [9.17, 15) is 14.4 Å². The highest BCUT2D eigenvalue weighted by Crippen LogP contribution is 2.42. The molecule has 3 fully saturated rings. The van der Waals surface area contributed by atoms with Gasteiger partial charge in [0.1, 0.15) is 17.9 Å². The number of carbonyl (C=O) groups is 3. The second kappa shape index (κ2) is 6.41. The van der Waals surface area contributed by atoms with Gasteiger partial charge in [0, 0.05) is 6.07 Å². The Morgan fingerprint density at radius 2 is 2.00 bits per heavy atom. The first-order valence-corrected chi connectivity index (χ1v) is 9.46. The van der Waals surface area contributed by atoms with E-state index in [1.807, 2.05) is 4.68 Å². The maximum atomic E-state index is 12.6. The van der Waals surface area contributed by atoms with E-state index < -0.39 is 11.6 Å². The molecule has 3 aliphatic rings. The number of hydrogen-bond acceptors (Lipinski definition) is 4. The molecule has 1 aliphatic heterocycles. The molecule has 4 rings (SSSR count). The SMILES string of the molecule is CC1(C2CC2)NC(=O)N(CC(=O)Nc2ccnn2C2CCCCC2)C1=O. The molecule has 1 atom stereocenters. The normalized spacial score (nSPS) is 26.9. The molecule has 2 aliphatic carbocycles. The van der Waals surface area contributed by atoms with Gasteiger partial charge < -0.3 is 10.6 Å². The van der Waals surface area contributed by atoms with Crippen molar-refractivity contribution in [2.24, 2.45) is 5.92 Å². The minimum Gasteiger partial charge on any atom is -0.323 e. The molecule has 1 aromatic heterocycles. The highest BCUT2D eigenvalue weighted by molar-refractivity contribution is 6.10. The molecule has 1 unspecified atom stereocenters. The predicted molar refractivity (Wildman–Crippen MR) is 94.4 cm³/mol. The summed E-state index contributed by atoms with van der Waals surface area (Å²) in [5, 5.41) is 9.93. The molecule has 2 saturated carbocycles. The first-order valence-electron chi connectivity index (χ1n) is 9.46. The Morgan fingerprint density at radius 3 is 2.69 bits per heavy atom. The fraction of sp³-hybridized carbons (Fsp3) is 0.667. The Labute approximate surface area is 152 Å². The zero-order valence-corrected chi connectivity index (χ0v) is 15.0. The van der Waals surface area contributed by atoms with E-state index in [0.29, 0.717) is 11.9 Å². The molecule has 4 amide bonds. The fourth-order valence-electron chi connectivity index (χ4n) is 4.15. The van der Waals surface area contributed by atoms with Crippen LogP contribution in [-0.4, -0.2) is 44.6 Å². The Hall–Kier alpha value is -2.38. The monoisotopic (exact) mass is 359 g/mol. The van der Waals surface area contributed by atoms with Crippen LogP contribution in [0.25, 0.3) is 0 Å². The van der Waals surface area contributed by atoms with Crippen molar-refractivity contribution in [2.75, 3.05) is 11.9 Å². The maximum Gasteiger partial charge on any atom is 0.325 e. The number of hydrogen-bond donors (Lipinski definition) is 2. The van der Waals surface area contributed by atoms with E-state index in [1.165, 1.54) is 19.3 Å². The Balaban J connectivity index is 1.41. The van der Waals surface area contributed by atoms with Crippen molar-refractivity contribution in [3.05, 3.63) is 12.3 Å². The molecule has 140 valence electrons. The van der Waals surface area contributed by atoms with Crippen LogP contribution in [0.5, 0.6) is 0 Å². The minimum atomic E-state index is -0.860. The lowest BCUT2D eigenvalue weighted by Crippen LogP contribution is -2.46. The summed E-state index contributed by atoms with van der Waals surface area (Å²) in [6.45, 7) is 1.48. The van der Waals surface area contributed by atoms with Crippen LogP contribution in [0.3, 0.4) is 0 Å². The van der Waals surface area contributed by atoms with Crippen LogP contribution in [0.4, 0.5) is 10.6 Å². The smallest absolute Gasteiger partial charge is 0.323 e. The Kier molecular flexibility index (Phi) is 4.20. The molecule has 2 heterocycles. The van der Waals surface area contributed by atoms with Crippen LogP contribution in [0.2, 0.25) is 0 Å². The van der Waals surface area contributed by atoms with Gasteiger partial charge in [-0.15, -0.1) is 0 Å². The van der Waals surface area contributed by atoms with Gasteiger partial charge >= 0.3 is 6.03 Å². The van der Waals surface area contributed by atoms with Gasteiger partial charge in [0.2, 0.25) is 5.91 Å². The third kappa shape index (κ3) is 2.97. The van der Waals surface area contributed by atoms with Crippen LogP contribution in [0, 0.1) is 5.92 Å². The third-order valence-corrected chi connectivity index (χ3v) is 5.86. The quantitative estimate of drug-likeness (QED) is 0.787. The van der Waals surface area contributed by atoms with E-state index in [1.54, 1.807) is 19.2 Å². The lowest BCUT2D eigenvalue weighted by atomic mass is 9.96. The van der Waals surface area contributed by atoms with Crippen molar-refractivity contribution >= 4 is 23.7 Å². The summed E-state index contributed by atoms with van der Waals surface area (Å²) in [5.74, 6) is 0.116. The molecule has 0 radical (unpaired) electrons. The summed E-state index contributed by atoms with van der Waals surface area (Å²) < 4.78 is 1.86. The summed E-state index contributed by atoms with van der Waals surface area (Å²) in [6, 6.07) is 1.57. The van der Waals surface area contributed by atoms with Crippen molar-refractivity contribution in [3.63, 3.8) is 0 Å². The number of nitrogens with zero attached hydrogens (tertiary/aromatic N) is 3. The van der Waals surface area contributed by atoms with Crippen LogP contribution in [-0.2, 0) is 9.59 Å². The third-order valence-electron chi connectivity index (χ3n) is 5.86. The van der Waals surface area contributed by atoms with E-state index in [-0.39, 0.29) is 24.3 Å². The molecular weight excluding hydrogens is 334 g/mol. The van der Waals surface area contributed by atoms with E-state index in [4.69, 9.17) is 0 Å². The number of nitrogens with one attached hydrogen (secondary N) is 2. The molecule has 1 saturated heterocycles. The van der Waals surface area contributed by atoms with Crippen LogP contribution in [0.1, 0.15) is 57.9 Å². The minimum absolute atomic E-state index is 0.180. The highest BCUT2D eigenvalue weighted by atomic mass is 16.2. The van der Waals surface area contributed by atoms with Gasteiger partial charge in [-0.2, -0.15) is 5.10 Å². The molecule has 0 spiro atoms. The van der Waals surface area contributed by atoms with Crippen molar-refractivity contribution < 1.29 is 14.4 Å². The number of imide groups is 1. The van der Waals surface area contributed by atoms with Crippen molar-refractivity contribution in [2.45, 2.75) is 63.5 Å². The predicted octanol–water partition coefficient (Wildman–Crippen LogP) is 2.05. The van der Waals surface area contributed by atoms with Gasteiger partial charge in [-0.25, -0.2) is 9.48 Å². The average molecular weight is 359 g/mol. The largest absolute Gasteiger partial charge is 0.325 e. The number of amides is 4. The van der Waals surface area contributed by atoms with Crippen LogP contribution >= 0.6 is 0 Å². The Bertz CT molecular complexity index is 735. The molecule has 8 heteroatoms. The zero-order chi connectivity index (χ0) is 18.3. The first-order chi connectivity index (χ1) is 12.5. The fourth-order valence-corrected chi connectivity index (χ4v) is 4.15. The summed E-state index contributed by atoms with van der Waals surface area (Å²) >= 11 is 0. The van der Waals surface area contributed by atoms with Gasteiger partial charge in [-0.3, -0.25) is 14.5 Å². The highest BCUT2D eigenvalue weighted by Gasteiger charge is 2.56. The van der Waals surface area contributed by atoms with Gasteiger partial charge in [0.05, 0.1) is 12.2 Å². The second-order valence-corrected chi connectivity index (χ2v) is 7.80.